The maximum absolute atomic E-state index is 12.8. The molecule has 10 heteroatoms. The highest BCUT2D eigenvalue weighted by Gasteiger charge is 2.16. The van der Waals surface area contributed by atoms with Gasteiger partial charge in [-0.2, -0.15) is 0 Å². The van der Waals surface area contributed by atoms with Gasteiger partial charge in [0, 0.05) is 5.69 Å². The van der Waals surface area contributed by atoms with Crippen molar-refractivity contribution in [2.24, 2.45) is 0 Å². The van der Waals surface area contributed by atoms with E-state index in [1.807, 2.05) is 19.9 Å². The maximum Gasteiger partial charge on any atom is 0.334 e. The Kier molecular flexibility index (Phi) is 7.21. The molecule has 2 N–H and O–H groups in total. The fourth-order valence-corrected chi connectivity index (χ4v) is 2.89. The molecule has 150 valence electrons. The zero-order valence-corrected chi connectivity index (χ0v) is 16.0. The number of hydrogen-bond acceptors (Lipinski definition) is 6. The van der Waals surface area contributed by atoms with E-state index < -0.39 is 40.9 Å². The van der Waals surface area contributed by atoms with Gasteiger partial charge in [0.05, 0.1) is 4.90 Å². The van der Waals surface area contributed by atoms with Crippen molar-refractivity contribution in [2.75, 3.05) is 18.5 Å². The zero-order valence-electron chi connectivity index (χ0n) is 15.2. The highest BCUT2D eigenvalue weighted by Crippen LogP contribution is 2.17. The summed E-state index contributed by atoms with van der Waals surface area (Å²) in [6, 6.07) is 9.42. The number of amides is 1. The Morgan fingerprint density at radius 2 is 1.71 bits per heavy atom. The molecule has 0 atom stereocenters. The first-order chi connectivity index (χ1) is 13.2. The Labute approximate surface area is 161 Å². The van der Waals surface area contributed by atoms with Gasteiger partial charge in [0.25, 0.3) is 15.9 Å². The predicted molar refractivity (Wildman–Crippen MR) is 98.2 cm³/mol. The van der Waals surface area contributed by atoms with Gasteiger partial charge in [-0.15, -0.1) is 0 Å². The van der Waals surface area contributed by atoms with Gasteiger partial charge < -0.3 is 10.1 Å². The van der Waals surface area contributed by atoms with Gasteiger partial charge in [-0.1, -0.05) is 17.0 Å². The molecule has 0 spiro atoms. The zero-order chi connectivity index (χ0) is 20.7. The van der Waals surface area contributed by atoms with Crippen LogP contribution < -0.4 is 10.2 Å². The lowest BCUT2D eigenvalue weighted by molar-refractivity contribution is -0.152. The van der Waals surface area contributed by atoms with Gasteiger partial charge in [0.15, 0.2) is 13.2 Å². The van der Waals surface area contributed by atoms with Gasteiger partial charge in [0.1, 0.15) is 5.82 Å². The van der Waals surface area contributed by atoms with Crippen LogP contribution in [0.4, 0.5) is 10.1 Å². The second-order valence-corrected chi connectivity index (χ2v) is 7.43. The number of anilines is 1. The molecule has 0 bridgehead atoms. The second kappa shape index (κ2) is 9.40. The summed E-state index contributed by atoms with van der Waals surface area (Å²) >= 11 is 0. The van der Waals surface area contributed by atoms with Crippen LogP contribution in [0.5, 0.6) is 0 Å². The number of aryl methyl sites for hydroxylation is 1. The number of esters is 1. The summed E-state index contributed by atoms with van der Waals surface area (Å²) in [7, 11) is -4.08. The fourth-order valence-electron chi connectivity index (χ4n) is 2.09. The second-order valence-electron chi connectivity index (χ2n) is 5.79. The Morgan fingerprint density at radius 1 is 1.04 bits per heavy atom. The summed E-state index contributed by atoms with van der Waals surface area (Å²) in [6.45, 7) is 2.44. The Bertz CT molecular complexity index is 961. The minimum absolute atomic E-state index is 0.241. The van der Waals surface area contributed by atoms with Crippen LogP contribution in [0.25, 0.3) is 0 Å². The van der Waals surface area contributed by atoms with Crippen molar-refractivity contribution in [3.05, 3.63) is 59.4 Å². The van der Waals surface area contributed by atoms with Crippen molar-refractivity contribution in [3.8, 4) is 0 Å². The smallest absolute Gasteiger partial charge is 0.334 e. The quantitative estimate of drug-likeness (QED) is 0.507. The van der Waals surface area contributed by atoms with Crippen molar-refractivity contribution in [1.29, 1.82) is 0 Å². The van der Waals surface area contributed by atoms with Crippen molar-refractivity contribution >= 4 is 27.6 Å². The average molecular weight is 410 g/mol. The predicted octanol–water partition coefficient (Wildman–Crippen LogP) is 1.83. The number of rotatable bonds is 8. The molecule has 0 heterocycles. The summed E-state index contributed by atoms with van der Waals surface area (Å²) in [4.78, 5) is 29.5. The largest absolute Gasteiger partial charge is 0.454 e. The average Bonchev–Trinajstić information content (AvgIpc) is 2.64. The van der Waals surface area contributed by atoms with Crippen LogP contribution in [0.3, 0.4) is 0 Å². The number of nitrogens with one attached hydrogen (secondary N) is 2. The van der Waals surface area contributed by atoms with Gasteiger partial charge in [-0.25, -0.2) is 17.6 Å². The molecule has 0 aromatic heterocycles. The van der Waals surface area contributed by atoms with Gasteiger partial charge in [-0.3, -0.25) is 9.63 Å². The highest BCUT2D eigenvalue weighted by atomic mass is 32.2. The Morgan fingerprint density at radius 3 is 2.39 bits per heavy atom. The van der Waals surface area contributed by atoms with Crippen LogP contribution >= 0.6 is 0 Å². The van der Waals surface area contributed by atoms with Crippen LogP contribution in [0.15, 0.2) is 47.4 Å². The molecule has 1 amide bonds. The summed E-state index contributed by atoms with van der Waals surface area (Å²) in [6.07, 6.45) is 0. The van der Waals surface area contributed by atoms with Gasteiger partial charge in [-0.05, 0) is 55.3 Å². The van der Waals surface area contributed by atoms with Crippen molar-refractivity contribution in [2.45, 2.75) is 18.7 Å². The summed E-state index contributed by atoms with van der Waals surface area (Å²) in [5, 5.41) is 2.61. The molecule has 28 heavy (non-hydrogen) atoms. The van der Waals surface area contributed by atoms with Crippen molar-refractivity contribution in [1.82, 2.24) is 4.89 Å². The van der Waals surface area contributed by atoms with E-state index in [0.717, 1.165) is 35.4 Å². The van der Waals surface area contributed by atoms with Crippen LogP contribution in [0.2, 0.25) is 0 Å². The van der Waals surface area contributed by atoms with E-state index in [0.29, 0.717) is 5.69 Å². The minimum atomic E-state index is -4.08. The molecule has 2 aromatic carbocycles. The molecule has 0 saturated heterocycles. The highest BCUT2D eigenvalue weighted by molar-refractivity contribution is 7.89. The number of sulfonamides is 1. The lowest BCUT2D eigenvalue weighted by atomic mass is 10.1. The minimum Gasteiger partial charge on any atom is -0.454 e. The molecule has 0 unspecified atom stereocenters. The summed E-state index contributed by atoms with van der Waals surface area (Å²) in [5.74, 6) is -2.09. The normalized spacial score (nSPS) is 11.1. The van der Waals surface area contributed by atoms with E-state index >= 15 is 0 Å². The third kappa shape index (κ3) is 6.12. The van der Waals surface area contributed by atoms with Gasteiger partial charge in [0.2, 0.25) is 0 Å². The molecule has 0 aliphatic heterocycles. The van der Waals surface area contributed by atoms with E-state index in [2.05, 4.69) is 10.2 Å². The Balaban J connectivity index is 1.76. The molecule has 0 aliphatic rings. The third-order valence-corrected chi connectivity index (χ3v) is 4.96. The third-order valence-electron chi connectivity index (χ3n) is 3.73. The number of halogens is 1. The van der Waals surface area contributed by atoms with Crippen LogP contribution in [0, 0.1) is 19.7 Å². The lowest BCUT2D eigenvalue weighted by Crippen LogP contribution is -2.29. The van der Waals surface area contributed by atoms with E-state index in [4.69, 9.17) is 4.74 Å². The SMILES string of the molecule is Cc1cccc(NC(=O)COC(=O)CONS(=O)(=O)c2ccc(F)cc2)c1C. The molecule has 0 radical (unpaired) electrons. The molecule has 0 aliphatic carbocycles. The molecule has 0 saturated carbocycles. The molecular formula is C18H19FN2O6S. The summed E-state index contributed by atoms with van der Waals surface area (Å²) < 4.78 is 41.3. The number of ether oxygens (including phenoxy) is 1. The maximum atomic E-state index is 12.8. The van der Waals surface area contributed by atoms with Gasteiger partial charge >= 0.3 is 5.97 Å². The standard InChI is InChI=1S/C18H19FN2O6S/c1-12-4-3-5-16(13(12)2)20-17(22)10-26-18(23)11-27-21-28(24,25)15-8-6-14(19)7-9-15/h3-9,21H,10-11H2,1-2H3,(H,20,22). The molecule has 2 aromatic rings. The van der Waals surface area contributed by atoms with Crippen LogP contribution in [-0.4, -0.2) is 33.5 Å². The number of carbonyl (C=O) groups excluding carboxylic acids is 2. The van der Waals surface area contributed by atoms with E-state index in [-0.39, 0.29) is 4.90 Å². The molecule has 2 rings (SSSR count). The summed E-state index contributed by atoms with van der Waals surface area (Å²) in [5.41, 5.74) is 2.49. The molecule has 8 nitrogen and oxygen atoms in total. The van der Waals surface area contributed by atoms with E-state index in [1.54, 1.807) is 17.0 Å². The van der Waals surface area contributed by atoms with Crippen LogP contribution in [0.1, 0.15) is 11.1 Å². The lowest BCUT2D eigenvalue weighted by Gasteiger charge is -2.11. The topological polar surface area (TPSA) is 111 Å². The van der Waals surface area contributed by atoms with Crippen molar-refractivity contribution in [3.63, 3.8) is 0 Å². The number of benzene rings is 2. The number of hydrogen-bond donors (Lipinski definition) is 2. The first-order valence-corrected chi connectivity index (χ1v) is 9.58. The van der Waals surface area contributed by atoms with Crippen molar-refractivity contribution < 1.29 is 32.0 Å². The van der Waals surface area contributed by atoms with E-state index in [1.165, 1.54) is 0 Å². The first kappa shape index (κ1) is 21.5. The Hall–Kier alpha value is -2.82. The molecular weight excluding hydrogens is 391 g/mol. The molecule has 0 fully saturated rings. The van der Waals surface area contributed by atoms with Crippen LogP contribution in [-0.2, 0) is 29.2 Å². The van der Waals surface area contributed by atoms with E-state index in [9.17, 15) is 22.4 Å². The monoisotopic (exact) mass is 410 g/mol. The first-order valence-electron chi connectivity index (χ1n) is 8.10. The fraction of sp³-hybridized carbons (Fsp3) is 0.222. The number of carbonyl (C=O) groups is 2.